The summed E-state index contributed by atoms with van der Waals surface area (Å²) >= 11 is 0. The Labute approximate surface area is 156 Å². The van der Waals surface area contributed by atoms with Gasteiger partial charge in [-0.2, -0.15) is 30.7 Å². The normalized spacial score (nSPS) is 14.9. The molecule has 1 heterocycles. The SMILES string of the molecule is O=S(=O)(OC(F)(F)C(F)(F)C(F)CCCCCCC(F)(F)F)[n+]1ccccc1. The molecule has 0 saturated carbocycles. The van der Waals surface area contributed by atoms with Gasteiger partial charge in [0.25, 0.3) is 0 Å². The Balaban J connectivity index is 2.62. The number of pyridine rings is 1. The van der Waals surface area contributed by atoms with E-state index in [0.29, 0.717) is 0 Å². The second-order valence-electron chi connectivity index (χ2n) is 5.92. The van der Waals surface area contributed by atoms with E-state index in [2.05, 4.69) is 4.18 Å². The minimum Gasteiger partial charge on any atom is -0.240 e. The fraction of sp³-hybridized carbons (Fsp3) is 0.667. The number of nitrogens with zero attached hydrogens (tertiary/aromatic N) is 1. The van der Waals surface area contributed by atoms with Crippen molar-refractivity contribution in [1.82, 2.24) is 0 Å². The second-order valence-corrected chi connectivity index (χ2v) is 7.37. The van der Waals surface area contributed by atoms with Crippen LogP contribution < -0.4 is 3.97 Å². The van der Waals surface area contributed by atoms with E-state index in [1.807, 2.05) is 0 Å². The Bertz CT molecular complexity index is 710. The van der Waals surface area contributed by atoms with Crippen LogP contribution in [0.15, 0.2) is 30.6 Å². The first-order valence-electron chi connectivity index (χ1n) is 8.08. The second kappa shape index (κ2) is 9.33. The van der Waals surface area contributed by atoms with Gasteiger partial charge in [-0.05, 0) is 12.8 Å². The number of alkyl halides is 8. The lowest BCUT2D eigenvalue weighted by molar-refractivity contribution is -0.527. The molecule has 0 spiro atoms. The monoisotopic (exact) mass is 444 g/mol. The zero-order valence-corrected chi connectivity index (χ0v) is 15.1. The third-order valence-corrected chi connectivity index (χ3v) is 4.79. The van der Waals surface area contributed by atoms with E-state index in [9.17, 15) is 43.5 Å². The van der Waals surface area contributed by atoms with E-state index in [1.165, 1.54) is 6.07 Å². The predicted molar refractivity (Wildman–Crippen MR) is 80.6 cm³/mol. The van der Waals surface area contributed by atoms with Crippen LogP contribution in [0.4, 0.5) is 35.1 Å². The van der Waals surface area contributed by atoms with Gasteiger partial charge in [0.15, 0.2) is 18.6 Å². The zero-order chi connectivity index (χ0) is 21.6. The smallest absolute Gasteiger partial charge is 0.240 e. The molecule has 4 nitrogen and oxygen atoms in total. The predicted octanol–water partition coefficient (Wildman–Crippen LogP) is 4.55. The summed E-state index contributed by atoms with van der Waals surface area (Å²) in [6, 6.07) is 3.53. The first kappa shape index (κ1) is 24.5. The highest BCUT2D eigenvalue weighted by molar-refractivity contribution is 7.80. The highest BCUT2D eigenvalue weighted by Crippen LogP contribution is 2.41. The van der Waals surface area contributed by atoms with Crippen molar-refractivity contribution in [2.75, 3.05) is 0 Å². The van der Waals surface area contributed by atoms with Crippen LogP contribution in [-0.2, 0) is 14.5 Å². The highest BCUT2D eigenvalue weighted by atomic mass is 32.2. The lowest BCUT2D eigenvalue weighted by Gasteiger charge is -2.26. The van der Waals surface area contributed by atoms with Crippen molar-refractivity contribution >= 4 is 10.3 Å². The van der Waals surface area contributed by atoms with E-state index in [0.717, 1.165) is 24.5 Å². The largest absolute Gasteiger partial charge is 0.519 e. The number of halogens is 8. The fourth-order valence-electron chi connectivity index (χ4n) is 2.13. The quantitative estimate of drug-likeness (QED) is 0.286. The fourth-order valence-corrected chi connectivity index (χ4v) is 3.03. The lowest BCUT2D eigenvalue weighted by atomic mass is 10.0. The number of hydrogen-bond donors (Lipinski definition) is 0. The average Bonchev–Trinajstić information content (AvgIpc) is 2.56. The molecule has 1 aromatic rings. The molecular formula is C15H18F8NO3S+. The van der Waals surface area contributed by atoms with Crippen molar-refractivity contribution in [2.24, 2.45) is 0 Å². The summed E-state index contributed by atoms with van der Waals surface area (Å²) in [6.45, 7) is 0. The van der Waals surface area contributed by atoms with Crippen molar-refractivity contribution in [2.45, 2.75) is 62.9 Å². The van der Waals surface area contributed by atoms with Gasteiger partial charge < -0.3 is 0 Å². The Morgan fingerprint density at radius 1 is 0.857 bits per heavy atom. The molecule has 0 fully saturated rings. The summed E-state index contributed by atoms with van der Waals surface area (Å²) in [5.41, 5.74) is 0. The molecule has 0 aliphatic carbocycles. The molecule has 0 aliphatic rings. The van der Waals surface area contributed by atoms with Gasteiger partial charge in [-0.1, -0.05) is 29.3 Å². The molecule has 1 unspecified atom stereocenters. The summed E-state index contributed by atoms with van der Waals surface area (Å²) in [5, 5.41) is 0. The van der Waals surface area contributed by atoms with Crippen LogP contribution in [0.25, 0.3) is 0 Å². The first-order valence-corrected chi connectivity index (χ1v) is 9.44. The van der Waals surface area contributed by atoms with Crippen molar-refractivity contribution < 1.29 is 51.7 Å². The number of aromatic nitrogens is 1. The molecular weight excluding hydrogens is 426 g/mol. The van der Waals surface area contributed by atoms with Gasteiger partial charge in [0.05, 0.1) is 0 Å². The molecule has 13 heteroatoms. The van der Waals surface area contributed by atoms with Crippen molar-refractivity contribution in [3.05, 3.63) is 30.6 Å². The topological polar surface area (TPSA) is 47.3 Å². The van der Waals surface area contributed by atoms with E-state index >= 15 is 0 Å². The van der Waals surface area contributed by atoms with Gasteiger partial charge in [-0.25, -0.2) is 4.39 Å². The first-order chi connectivity index (χ1) is 12.7. The Morgan fingerprint density at radius 2 is 1.39 bits per heavy atom. The number of hydrogen-bond acceptors (Lipinski definition) is 3. The molecule has 0 aliphatic heterocycles. The van der Waals surface area contributed by atoms with Gasteiger partial charge in [-0.15, -0.1) is 12.6 Å². The number of unbranched alkanes of at least 4 members (excludes halogenated alkanes) is 3. The summed E-state index contributed by atoms with van der Waals surface area (Å²) in [7, 11) is -5.37. The molecule has 0 radical (unpaired) electrons. The van der Waals surface area contributed by atoms with Gasteiger partial charge in [0.1, 0.15) is 0 Å². The molecule has 0 bridgehead atoms. The Morgan fingerprint density at radius 3 is 1.93 bits per heavy atom. The van der Waals surface area contributed by atoms with Crippen LogP contribution >= 0.6 is 0 Å². The van der Waals surface area contributed by atoms with Gasteiger partial charge >= 0.3 is 28.5 Å². The molecule has 0 N–H and O–H groups in total. The lowest BCUT2D eigenvalue weighted by Crippen LogP contribution is -2.55. The minimum atomic E-state index is -5.68. The molecule has 1 rings (SSSR count). The molecule has 1 aromatic heterocycles. The van der Waals surface area contributed by atoms with E-state index < -0.39 is 47.5 Å². The highest BCUT2D eigenvalue weighted by Gasteiger charge is 2.66. The molecule has 0 aromatic carbocycles. The van der Waals surface area contributed by atoms with Crippen LogP contribution in [0.2, 0.25) is 0 Å². The van der Waals surface area contributed by atoms with E-state index in [-0.39, 0.29) is 29.7 Å². The van der Waals surface area contributed by atoms with Crippen molar-refractivity contribution in [3.8, 4) is 0 Å². The van der Waals surface area contributed by atoms with E-state index in [4.69, 9.17) is 0 Å². The molecule has 1 atom stereocenters. The third kappa shape index (κ3) is 7.15. The molecule has 28 heavy (non-hydrogen) atoms. The molecule has 162 valence electrons. The Hall–Kier alpha value is -1.50. The zero-order valence-electron chi connectivity index (χ0n) is 14.3. The third-order valence-electron chi connectivity index (χ3n) is 3.61. The molecule has 0 saturated heterocycles. The van der Waals surface area contributed by atoms with Crippen molar-refractivity contribution in [3.63, 3.8) is 0 Å². The summed E-state index contributed by atoms with van der Waals surface area (Å²) in [6.07, 6.45) is -15.0. The Kier molecular flexibility index (Phi) is 8.18. The van der Waals surface area contributed by atoms with Crippen LogP contribution in [0.3, 0.4) is 0 Å². The average molecular weight is 444 g/mol. The standard InChI is InChI=1S/C15H18F8NO3S/c16-12(8-4-1-2-5-9-13(17,18)19)14(20,21)15(22,23)27-28(25,26)24-10-6-3-7-11-24/h3,6-7,10-12H,1-2,4-5,8-9H2/q+1. The maximum atomic E-state index is 13.7. The van der Waals surface area contributed by atoms with Gasteiger partial charge in [0.2, 0.25) is 0 Å². The van der Waals surface area contributed by atoms with Crippen molar-refractivity contribution in [1.29, 1.82) is 0 Å². The summed E-state index contributed by atoms with van der Waals surface area (Å²) in [5.74, 6) is -5.47. The van der Waals surface area contributed by atoms with E-state index in [1.54, 1.807) is 0 Å². The molecule has 0 amide bonds. The summed E-state index contributed by atoms with van der Waals surface area (Å²) < 4.78 is 131. The summed E-state index contributed by atoms with van der Waals surface area (Å²) in [4.78, 5) is 0. The van der Waals surface area contributed by atoms with Crippen LogP contribution in [0, 0.1) is 0 Å². The van der Waals surface area contributed by atoms with Crippen LogP contribution in [0.1, 0.15) is 38.5 Å². The minimum absolute atomic E-state index is 0.0519. The van der Waals surface area contributed by atoms with Crippen LogP contribution in [-0.4, -0.2) is 32.8 Å². The van der Waals surface area contributed by atoms with Crippen LogP contribution in [0.5, 0.6) is 0 Å². The van der Waals surface area contributed by atoms with Gasteiger partial charge in [0, 0.05) is 18.6 Å². The number of rotatable bonds is 11. The van der Waals surface area contributed by atoms with Gasteiger partial charge in [-0.3, -0.25) is 0 Å². The maximum absolute atomic E-state index is 13.7. The maximum Gasteiger partial charge on any atom is 0.519 e.